The molecule has 1 aliphatic carbocycles. The predicted octanol–water partition coefficient (Wildman–Crippen LogP) is 40.6. The van der Waals surface area contributed by atoms with Crippen LogP contribution < -0.4 is 29.1 Å². The topological polar surface area (TPSA) is 57.7 Å². The van der Waals surface area contributed by atoms with Gasteiger partial charge in [0, 0.05) is 112 Å². The molecule has 9 heteroatoms. The Morgan fingerprint density at radius 3 is 1.01 bits per heavy atom. The molecule has 0 radical (unpaired) electrons. The first-order valence-corrected chi connectivity index (χ1v) is 51.2. The van der Waals surface area contributed by atoms with Crippen molar-refractivity contribution in [3.63, 3.8) is 0 Å². The van der Waals surface area contributed by atoms with Crippen LogP contribution in [0.1, 0.15) is 25.0 Å². The maximum absolute atomic E-state index is 17.4. The van der Waals surface area contributed by atoms with Gasteiger partial charge < -0.3 is 37.9 Å². The van der Waals surface area contributed by atoms with Crippen molar-refractivity contribution in [1.29, 1.82) is 0 Å². The highest BCUT2D eigenvalue weighted by Crippen LogP contribution is 2.59. The summed E-state index contributed by atoms with van der Waals surface area (Å²) in [5.74, 6) is 2.85. The first kappa shape index (κ1) is 87.0. The molecule has 0 saturated heterocycles. The molecule has 2 aromatic heterocycles. The number of anilines is 12. The summed E-state index contributed by atoms with van der Waals surface area (Å²) in [6.07, 6.45) is 0. The lowest BCUT2D eigenvalue weighted by molar-refractivity contribution is 0.487. The molecule has 2 aliphatic heterocycles. The van der Waals surface area contributed by atoms with Gasteiger partial charge in [0.1, 0.15) is 40.0 Å². The van der Waals surface area contributed by atoms with E-state index in [9.17, 15) is 0 Å². The second kappa shape index (κ2) is 35.1. The second-order valence-corrected chi connectivity index (χ2v) is 39.7. The number of fused-ring (bicyclic) bond motifs is 21. The lowest BCUT2D eigenvalue weighted by atomic mass is 9.82. The summed E-state index contributed by atoms with van der Waals surface area (Å²) in [6, 6.07) is 182. The maximum atomic E-state index is 17.4. The number of ether oxygens (including phenoxy) is 2. The highest BCUT2D eigenvalue weighted by atomic mass is 19.1. The van der Waals surface area contributed by atoms with E-state index in [0.717, 1.165) is 217 Å². The van der Waals surface area contributed by atoms with Crippen molar-refractivity contribution in [2.24, 2.45) is 0 Å². The summed E-state index contributed by atoms with van der Waals surface area (Å²) < 4.78 is 44.6. The van der Waals surface area contributed by atoms with E-state index in [4.69, 9.17) is 18.3 Å². The third-order valence-electron chi connectivity index (χ3n) is 30.9. The van der Waals surface area contributed by atoms with E-state index in [1.165, 1.54) is 60.3 Å². The SMILES string of the molecule is CC1(C)c2ccccc2-c2ccc(N(c3ccccc3)c3ccc4c(c3)Oc3cccc5c3c-4cc3c4ccccc4c(-c4ccc(N(c6ccccc6)c6cccc7c6oc6ccccc67)cc4)cc53)cc21.Fc1cc(-c2ccccc2)cc(-c2ccccc2)c1N(c1ccccc1)c1ccc2c(c1)Oc1cccc3c1c-2cc1c2ccccc2c(-c2ccc(N(c4ccccc4)c4cccc5c4oc4ccccc45)cc2)cc31. The van der Waals surface area contributed by atoms with E-state index >= 15 is 4.39 Å². The zero-order chi connectivity index (χ0) is 99.3. The molecule has 0 N–H and O–H groups in total. The van der Waals surface area contributed by atoms with Crippen molar-refractivity contribution in [3.05, 3.63) is 533 Å². The zero-order valence-electron chi connectivity index (χ0n) is 81.9. The smallest absolute Gasteiger partial charge is 0.159 e. The van der Waals surface area contributed by atoms with Crippen LogP contribution in [0.15, 0.2) is 524 Å². The van der Waals surface area contributed by atoms with Gasteiger partial charge in [-0.1, -0.05) is 335 Å². The molecule has 25 aromatic carbocycles. The Morgan fingerprint density at radius 2 is 0.527 bits per heavy atom. The van der Waals surface area contributed by atoms with Gasteiger partial charge in [-0.15, -0.1) is 0 Å². The average molecular weight is 1920 g/mol. The zero-order valence-corrected chi connectivity index (χ0v) is 81.9. The number of rotatable bonds is 16. The number of para-hydroxylation sites is 8. The summed E-state index contributed by atoms with van der Waals surface area (Å²) in [5, 5.41) is 18.3. The van der Waals surface area contributed by atoms with E-state index in [1.807, 2.05) is 120 Å². The Kier molecular flexibility index (Phi) is 20.4. The first-order valence-electron chi connectivity index (χ1n) is 51.2. The van der Waals surface area contributed by atoms with Gasteiger partial charge in [0.05, 0.1) is 22.7 Å². The molecule has 8 nitrogen and oxygen atoms in total. The van der Waals surface area contributed by atoms with E-state index in [2.05, 4.69) is 423 Å². The molecule has 0 fully saturated rings. The predicted molar refractivity (Wildman–Crippen MR) is 621 cm³/mol. The Morgan fingerprint density at radius 1 is 0.187 bits per heavy atom. The molecule has 0 spiro atoms. The van der Waals surface area contributed by atoms with Crippen molar-refractivity contribution in [2.75, 3.05) is 19.6 Å². The number of nitrogens with zero attached hydrogens (tertiary/aromatic N) is 4. The van der Waals surface area contributed by atoms with Crippen LogP contribution in [-0.2, 0) is 5.41 Å². The molecular weight excluding hydrogens is 1830 g/mol. The van der Waals surface area contributed by atoms with E-state index < -0.39 is 0 Å². The fraction of sp³-hybridized carbons (Fsp3) is 0.0213. The third kappa shape index (κ3) is 14.2. The van der Waals surface area contributed by atoms with Crippen molar-refractivity contribution in [2.45, 2.75) is 19.3 Å². The van der Waals surface area contributed by atoms with E-state index in [0.29, 0.717) is 11.4 Å². The average Bonchev–Trinajstić information content (AvgIpc) is 0.987. The highest BCUT2D eigenvalue weighted by Gasteiger charge is 2.38. The molecule has 0 atom stereocenters. The third-order valence-corrected chi connectivity index (χ3v) is 30.9. The number of hydrogen-bond acceptors (Lipinski definition) is 8. The van der Waals surface area contributed by atoms with Gasteiger partial charge in [-0.2, -0.15) is 0 Å². The molecule has 706 valence electrons. The van der Waals surface area contributed by atoms with Crippen LogP contribution >= 0.6 is 0 Å². The van der Waals surface area contributed by atoms with Crippen LogP contribution in [0.2, 0.25) is 0 Å². The molecule has 150 heavy (non-hydrogen) atoms. The van der Waals surface area contributed by atoms with Crippen molar-refractivity contribution >= 4 is 177 Å². The van der Waals surface area contributed by atoms with Gasteiger partial charge in [0.2, 0.25) is 0 Å². The number of furan rings is 2. The standard InChI is InChI=1S/C72H45FN2O2.C69H46N2O2/c73-65-42-49(46-19-5-1-6-20-46)41-61(47-21-7-2-8-22-47)71(65)75(51-25-11-4-12-26-51)53-39-40-57-64-45-62-55-28-14-13-27-54(55)60(44-63(62)58-30-18-34-68(70(58)64)76-69(57)43-53)48-35-37-52(38-36-48)74(50-23-9-3-10-24-50)66-32-17-31-59-56-29-15-16-33-67(56)77-72(59)66;1-69(2)61-27-13-11-23-51(61)52-37-35-47(39-62(52)69)70(44-17-5-3-6-18-44)48-36-38-54-60-42-58-50-22-10-9-21-49(50)57(41-59(58)55-25-16-30-65(67(55)60)72-66(54)40-48)43-31-33-46(34-32-43)71(45-19-7-4-8-20-45)63-28-15-26-56-53-24-12-14-29-64(53)73-68(56)63/h1-45H;3-42H,1-2H3. The monoisotopic (exact) mass is 1920 g/mol. The summed E-state index contributed by atoms with van der Waals surface area (Å²) in [6.45, 7) is 4.69. The quantitative estimate of drug-likeness (QED) is 0.0887. The Balaban J connectivity index is 0.000000141. The Hall–Kier alpha value is -19.6. The number of hydrogen-bond donors (Lipinski definition) is 0. The van der Waals surface area contributed by atoms with Crippen LogP contribution in [0, 0.1) is 5.82 Å². The van der Waals surface area contributed by atoms with Crippen molar-refractivity contribution in [1.82, 2.24) is 0 Å². The normalized spacial score (nSPS) is 12.4. The number of benzene rings is 25. The minimum absolute atomic E-state index is 0.123. The minimum atomic E-state index is -0.331. The van der Waals surface area contributed by atoms with Gasteiger partial charge >= 0.3 is 0 Å². The Labute approximate surface area is 865 Å². The lowest BCUT2D eigenvalue weighted by Gasteiger charge is -2.30. The summed E-state index contributed by atoms with van der Waals surface area (Å²) >= 11 is 0. The molecule has 30 rings (SSSR count). The second-order valence-electron chi connectivity index (χ2n) is 39.7. The molecule has 0 amide bonds. The summed E-state index contributed by atoms with van der Waals surface area (Å²) in [5.41, 5.74) is 32.4. The van der Waals surface area contributed by atoms with Crippen LogP contribution in [0.25, 0.3) is 186 Å². The van der Waals surface area contributed by atoms with Crippen LogP contribution in [0.4, 0.5) is 72.6 Å². The van der Waals surface area contributed by atoms with Gasteiger partial charge in [0.15, 0.2) is 11.2 Å². The van der Waals surface area contributed by atoms with Crippen LogP contribution in [0.3, 0.4) is 0 Å². The molecule has 0 bridgehead atoms. The van der Waals surface area contributed by atoms with Crippen LogP contribution in [0.5, 0.6) is 23.0 Å². The van der Waals surface area contributed by atoms with E-state index in [-0.39, 0.29) is 11.2 Å². The largest absolute Gasteiger partial charge is 0.456 e. The molecule has 4 heterocycles. The molecule has 0 unspecified atom stereocenters. The van der Waals surface area contributed by atoms with Crippen molar-refractivity contribution < 1.29 is 22.7 Å². The fourth-order valence-corrected chi connectivity index (χ4v) is 24.0. The highest BCUT2D eigenvalue weighted by molar-refractivity contribution is 6.28. The van der Waals surface area contributed by atoms with Gasteiger partial charge in [-0.25, -0.2) is 4.39 Å². The van der Waals surface area contributed by atoms with E-state index in [1.54, 1.807) is 6.07 Å². The van der Waals surface area contributed by atoms with Crippen LogP contribution in [-0.4, -0.2) is 0 Å². The van der Waals surface area contributed by atoms with Crippen molar-refractivity contribution in [3.8, 4) is 101 Å². The maximum Gasteiger partial charge on any atom is 0.159 e. The first-order chi connectivity index (χ1) is 74.1. The Bertz CT molecular complexity index is 10100. The van der Waals surface area contributed by atoms with Gasteiger partial charge in [-0.3, -0.25) is 0 Å². The molecule has 27 aromatic rings. The summed E-state index contributed by atoms with van der Waals surface area (Å²) in [4.78, 5) is 8.97. The van der Waals surface area contributed by atoms with Gasteiger partial charge in [0.25, 0.3) is 0 Å². The molecular formula is C141H91FN4O4. The molecule has 0 saturated carbocycles. The summed E-state index contributed by atoms with van der Waals surface area (Å²) in [7, 11) is 0. The number of halogens is 1. The lowest BCUT2D eigenvalue weighted by Crippen LogP contribution is -2.16. The van der Waals surface area contributed by atoms with Gasteiger partial charge in [-0.05, 0) is 308 Å². The minimum Gasteiger partial charge on any atom is -0.456 e. The fourth-order valence-electron chi connectivity index (χ4n) is 24.0. The molecule has 3 aliphatic rings.